The van der Waals surface area contributed by atoms with Crippen LogP contribution in [0, 0.1) is 5.92 Å². The summed E-state index contributed by atoms with van der Waals surface area (Å²) in [7, 11) is 0. The first-order valence-corrected chi connectivity index (χ1v) is 8.66. The third kappa shape index (κ3) is 3.11. The van der Waals surface area contributed by atoms with Gasteiger partial charge in [-0.05, 0) is 37.0 Å². The van der Waals surface area contributed by atoms with Gasteiger partial charge in [0.15, 0.2) is 5.13 Å². The number of aromatic nitrogens is 1. The molecule has 0 bridgehead atoms. The van der Waals surface area contributed by atoms with E-state index in [-0.39, 0.29) is 0 Å². The number of nitrogens with one attached hydrogen (secondary N) is 1. The van der Waals surface area contributed by atoms with E-state index >= 15 is 0 Å². The largest absolute Gasteiger partial charge is 0.358 e. The van der Waals surface area contributed by atoms with Crippen molar-refractivity contribution in [3.63, 3.8) is 0 Å². The van der Waals surface area contributed by atoms with Crippen LogP contribution < -0.4 is 5.32 Å². The van der Waals surface area contributed by atoms with Gasteiger partial charge >= 0.3 is 0 Å². The summed E-state index contributed by atoms with van der Waals surface area (Å²) in [5.41, 5.74) is 1.09. The summed E-state index contributed by atoms with van der Waals surface area (Å²) in [6.45, 7) is 2.37. The first-order chi connectivity index (χ1) is 9.22. The topological polar surface area (TPSA) is 24.9 Å². The second-order valence-corrected chi connectivity index (χ2v) is 7.44. The highest BCUT2D eigenvalue weighted by Gasteiger charge is 2.20. The average Bonchev–Trinajstić information content (AvgIpc) is 2.66. The van der Waals surface area contributed by atoms with Crippen molar-refractivity contribution in [1.82, 2.24) is 4.98 Å². The van der Waals surface area contributed by atoms with Crippen molar-refractivity contribution in [3.8, 4) is 0 Å². The first-order valence-electron chi connectivity index (χ1n) is 7.05. The molecule has 1 heterocycles. The smallest absolute Gasteiger partial charge is 0.184 e. The van der Waals surface area contributed by atoms with Gasteiger partial charge < -0.3 is 5.32 Å². The summed E-state index contributed by atoms with van der Waals surface area (Å²) in [5, 5.41) is 4.75. The molecule has 4 heteroatoms. The third-order valence-electron chi connectivity index (χ3n) is 4.02. The van der Waals surface area contributed by atoms with Gasteiger partial charge in [-0.1, -0.05) is 53.5 Å². The molecule has 1 N–H and O–H groups in total. The zero-order valence-electron chi connectivity index (χ0n) is 11.2. The van der Waals surface area contributed by atoms with Gasteiger partial charge in [-0.15, -0.1) is 0 Å². The predicted octanol–water partition coefficient (Wildman–Crippen LogP) is 5.44. The highest BCUT2D eigenvalue weighted by molar-refractivity contribution is 9.10. The molecule has 1 aromatic carbocycles. The molecule has 1 aliphatic carbocycles. The van der Waals surface area contributed by atoms with Crippen LogP contribution in [0.25, 0.3) is 10.2 Å². The van der Waals surface area contributed by atoms with E-state index in [0.717, 1.165) is 21.0 Å². The molecule has 0 spiro atoms. The van der Waals surface area contributed by atoms with Crippen molar-refractivity contribution in [2.75, 3.05) is 5.32 Å². The second kappa shape index (κ2) is 5.80. The van der Waals surface area contributed by atoms with E-state index in [9.17, 15) is 0 Å². The molecule has 2 nitrogen and oxygen atoms in total. The van der Waals surface area contributed by atoms with E-state index in [0.29, 0.717) is 6.04 Å². The van der Waals surface area contributed by atoms with E-state index in [4.69, 9.17) is 4.98 Å². The predicted molar refractivity (Wildman–Crippen MR) is 87.0 cm³/mol. The quantitative estimate of drug-likeness (QED) is 0.737. The zero-order valence-corrected chi connectivity index (χ0v) is 13.6. The molecule has 19 heavy (non-hydrogen) atoms. The Labute approximate surface area is 126 Å². The van der Waals surface area contributed by atoms with Crippen LogP contribution in [0.1, 0.15) is 39.0 Å². The van der Waals surface area contributed by atoms with E-state index in [2.05, 4.69) is 46.4 Å². The minimum atomic E-state index is 0.589. The SMILES string of the molecule is CC1CCCCCC1Nc1nc2cc(Br)ccc2s1. The van der Waals surface area contributed by atoms with Gasteiger partial charge in [0, 0.05) is 10.5 Å². The van der Waals surface area contributed by atoms with Crippen molar-refractivity contribution in [3.05, 3.63) is 22.7 Å². The fraction of sp³-hybridized carbons (Fsp3) is 0.533. The molecule has 0 aliphatic heterocycles. The lowest BCUT2D eigenvalue weighted by Gasteiger charge is -2.22. The Morgan fingerprint density at radius 2 is 2.11 bits per heavy atom. The molecule has 2 unspecified atom stereocenters. The summed E-state index contributed by atoms with van der Waals surface area (Å²) in [5.74, 6) is 0.751. The molecule has 3 rings (SSSR count). The first kappa shape index (κ1) is 13.4. The molecule has 0 saturated heterocycles. The number of hydrogen-bond acceptors (Lipinski definition) is 3. The van der Waals surface area contributed by atoms with Crippen molar-refractivity contribution < 1.29 is 0 Å². The Hall–Kier alpha value is -0.610. The van der Waals surface area contributed by atoms with Gasteiger partial charge in [0.05, 0.1) is 10.2 Å². The summed E-state index contributed by atoms with van der Waals surface area (Å²) < 4.78 is 2.35. The van der Waals surface area contributed by atoms with Crippen molar-refractivity contribution in [2.24, 2.45) is 5.92 Å². The van der Waals surface area contributed by atoms with Gasteiger partial charge in [-0.3, -0.25) is 0 Å². The molecule has 1 aromatic heterocycles. The Kier molecular flexibility index (Phi) is 4.08. The Morgan fingerprint density at radius 1 is 1.26 bits per heavy atom. The van der Waals surface area contributed by atoms with Gasteiger partial charge in [0.1, 0.15) is 0 Å². The second-order valence-electron chi connectivity index (χ2n) is 5.50. The number of anilines is 1. The van der Waals surface area contributed by atoms with Crippen LogP contribution in [0.2, 0.25) is 0 Å². The van der Waals surface area contributed by atoms with Crippen LogP contribution in [-0.2, 0) is 0 Å². The maximum absolute atomic E-state index is 4.71. The number of benzene rings is 1. The van der Waals surface area contributed by atoms with E-state index in [1.165, 1.54) is 36.8 Å². The minimum absolute atomic E-state index is 0.589. The molecule has 0 amide bonds. The summed E-state index contributed by atoms with van der Waals surface area (Å²) in [4.78, 5) is 4.71. The zero-order chi connectivity index (χ0) is 13.2. The van der Waals surface area contributed by atoms with Gasteiger partial charge in [-0.2, -0.15) is 0 Å². The van der Waals surface area contributed by atoms with Crippen molar-refractivity contribution >= 4 is 42.6 Å². The normalized spacial score (nSPS) is 24.3. The van der Waals surface area contributed by atoms with Crippen LogP contribution in [0.5, 0.6) is 0 Å². The van der Waals surface area contributed by atoms with E-state index < -0.39 is 0 Å². The average molecular weight is 339 g/mol. The molecule has 2 aromatic rings. The van der Waals surface area contributed by atoms with Gasteiger partial charge in [0.25, 0.3) is 0 Å². The Balaban J connectivity index is 1.80. The fourth-order valence-corrected chi connectivity index (χ4v) is 4.09. The number of halogens is 1. The van der Waals surface area contributed by atoms with Crippen molar-refractivity contribution in [2.45, 2.75) is 45.1 Å². The van der Waals surface area contributed by atoms with Crippen LogP contribution in [0.3, 0.4) is 0 Å². The van der Waals surface area contributed by atoms with Crippen molar-refractivity contribution in [1.29, 1.82) is 0 Å². The highest BCUT2D eigenvalue weighted by atomic mass is 79.9. The van der Waals surface area contributed by atoms with Crippen LogP contribution in [0.4, 0.5) is 5.13 Å². The number of fused-ring (bicyclic) bond motifs is 1. The maximum Gasteiger partial charge on any atom is 0.184 e. The number of rotatable bonds is 2. The molecule has 2 atom stereocenters. The molecular formula is C15H19BrN2S. The van der Waals surface area contributed by atoms with E-state index in [1.807, 2.05) is 0 Å². The molecule has 0 radical (unpaired) electrons. The number of nitrogens with zero attached hydrogens (tertiary/aromatic N) is 1. The summed E-state index contributed by atoms with van der Waals surface area (Å²) in [6, 6.07) is 6.90. The molecule has 1 fully saturated rings. The standard InChI is InChI=1S/C15H19BrN2S/c1-10-5-3-2-4-6-12(10)17-15-18-13-9-11(16)7-8-14(13)19-15/h7-10,12H,2-6H2,1H3,(H,17,18). The Bertz CT molecular complexity index is 566. The lowest BCUT2D eigenvalue weighted by molar-refractivity contribution is 0.456. The number of thiazole rings is 1. The van der Waals surface area contributed by atoms with Crippen LogP contribution in [0.15, 0.2) is 22.7 Å². The van der Waals surface area contributed by atoms with E-state index in [1.54, 1.807) is 11.3 Å². The molecule has 1 aliphatic rings. The maximum atomic E-state index is 4.71. The molecular weight excluding hydrogens is 320 g/mol. The van der Waals surface area contributed by atoms with Crippen LogP contribution >= 0.6 is 27.3 Å². The monoisotopic (exact) mass is 338 g/mol. The third-order valence-corrected chi connectivity index (χ3v) is 5.48. The van der Waals surface area contributed by atoms with Crippen LogP contribution in [-0.4, -0.2) is 11.0 Å². The van der Waals surface area contributed by atoms with Gasteiger partial charge in [-0.25, -0.2) is 4.98 Å². The summed E-state index contributed by atoms with van der Waals surface area (Å²) in [6.07, 6.45) is 6.73. The minimum Gasteiger partial charge on any atom is -0.358 e. The lowest BCUT2D eigenvalue weighted by Crippen LogP contribution is -2.26. The van der Waals surface area contributed by atoms with Gasteiger partial charge in [0.2, 0.25) is 0 Å². The summed E-state index contributed by atoms with van der Waals surface area (Å²) >= 11 is 5.27. The highest BCUT2D eigenvalue weighted by Crippen LogP contribution is 2.31. The lowest BCUT2D eigenvalue weighted by atomic mass is 9.97. The molecule has 1 saturated carbocycles. The molecule has 102 valence electrons. The number of hydrogen-bond donors (Lipinski definition) is 1. The fourth-order valence-electron chi connectivity index (χ4n) is 2.83. The Morgan fingerprint density at radius 3 is 3.00 bits per heavy atom.